The van der Waals surface area contributed by atoms with Crippen LogP contribution in [0.5, 0.6) is 5.75 Å². The van der Waals surface area contributed by atoms with Crippen LogP contribution in [0.15, 0.2) is 18.2 Å². The van der Waals surface area contributed by atoms with Gasteiger partial charge in [-0.15, -0.1) is 0 Å². The number of nitro groups is 1. The van der Waals surface area contributed by atoms with Crippen LogP contribution in [0.4, 0.5) is 5.69 Å². The van der Waals surface area contributed by atoms with Gasteiger partial charge in [-0.2, -0.15) is 0 Å². The third-order valence-electron chi connectivity index (χ3n) is 3.40. The molecule has 1 aliphatic rings. The lowest BCUT2D eigenvalue weighted by atomic mass is 10.1. The van der Waals surface area contributed by atoms with Crippen molar-refractivity contribution in [2.24, 2.45) is 0 Å². The third kappa shape index (κ3) is 4.13. The Balaban J connectivity index is 2.11. The molecular weight excluding hydrogens is 276 g/mol. The molecule has 0 saturated carbocycles. The summed E-state index contributed by atoms with van der Waals surface area (Å²) in [5.41, 5.74) is 0.409. The van der Waals surface area contributed by atoms with E-state index in [9.17, 15) is 15.2 Å². The number of nitrogens with zero attached hydrogens (tertiary/aromatic N) is 2. The highest BCUT2D eigenvalue weighted by Gasteiger charge is 2.21. The van der Waals surface area contributed by atoms with E-state index < -0.39 is 11.0 Å². The molecule has 0 aromatic heterocycles. The van der Waals surface area contributed by atoms with E-state index in [1.54, 1.807) is 19.1 Å². The fourth-order valence-corrected chi connectivity index (χ4v) is 2.30. The van der Waals surface area contributed by atoms with E-state index in [-0.39, 0.29) is 11.4 Å². The average Bonchev–Trinajstić information content (AvgIpc) is 2.48. The number of ether oxygens (including phenoxy) is 2. The number of hydrogen-bond donors (Lipinski definition) is 1. The molecular formula is C14H20N2O5. The van der Waals surface area contributed by atoms with E-state index in [1.807, 2.05) is 0 Å². The first-order valence-electron chi connectivity index (χ1n) is 7.01. The monoisotopic (exact) mass is 296 g/mol. The predicted octanol–water partition coefficient (Wildman–Crippen LogP) is 1.36. The molecule has 1 unspecified atom stereocenters. The Hall–Kier alpha value is -1.70. The molecule has 0 radical (unpaired) electrons. The van der Waals surface area contributed by atoms with Gasteiger partial charge in [0.1, 0.15) is 0 Å². The molecule has 1 N–H and O–H groups in total. The Labute approximate surface area is 123 Å². The van der Waals surface area contributed by atoms with Crippen molar-refractivity contribution in [1.29, 1.82) is 0 Å². The number of aliphatic hydroxyl groups excluding tert-OH is 1. The van der Waals surface area contributed by atoms with Crippen molar-refractivity contribution in [1.82, 2.24) is 4.90 Å². The molecule has 0 amide bonds. The summed E-state index contributed by atoms with van der Waals surface area (Å²) in [6.07, 6.45) is -0.766. The highest BCUT2D eigenvalue weighted by molar-refractivity contribution is 5.49. The summed E-state index contributed by atoms with van der Waals surface area (Å²) in [6, 6.07) is 4.60. The zero-order valence-electron chi connectivity index (χ0n) is 12.0. The van der Waals surface area contributed by atoms with Crippen molar-refractivity contribution >= 4 is 5.69 Å². The minimum absolute atomic E-state index is 0.115. The summed E-state index contributed by atoms with van der Waals surface area (Å²) in [5, 5.41) is 21.3. The second-order valence-corrected chi connectivity index (χ2v) is 4.85. The summed E-state index contributed by atoms with van der Waals surface area (Å²) in [5.74, 6) is 0.227. The van der Waals surface area contributed by atoms with Crippen LogP contribution in [0.2, 0.25) is 0 Å². The summed E-state index contributed by atoms with van der Waals surface area (Å²) < 4.78 is 10.5. The summed E-state index contributed by atoms with van der Waals surface area (Å²) >= 11 is 0. The molecule has 7 nitrogen and oxygen atoms in total. The molecule has 1 saturated heterocycles. The lowest BCUT2D eigenvalue weighted by molar-refractivity contribution is -0.386. The molecule has 1 aromatic carbocycles. The largest absolute Gasteiger partial charge is 0.487 e. The van der Waals surface area contributed by atoms with Gasteiger partial charge in [0, 0.05) is 25.7 Å². The molecule has 0 aliphatic carbocycles. The molecule has 1 aromatic rings. The van der Waals surface area contributed by atoms with Crippen LogP contribution in [0.25, 0.3) is 0 Å². The van der Waals surface area contributed by atoms with Gasteiger partial charge in [0.2, 0.25) is 0 Å². The van der Waals surface area contributed by atoms with Crippen molar-refractivity contribution in [3.63, 3.8) is 0 Å². The topological polar surface area (TPSA) is 85.1 Å². The van der Waals surface area contributed by atoms with Crippen LogP contribution in [-0.2, 0) is 4.74 Å². The van der Waals surface area contributed by atoms with Crippen molar-refractivity contribution in [3.8, 4) is 5.75 Å². The number of rotatable bonds is 6. The van der Waals surface area contributed by atoms with Crippen molar-refractivity contribution in [2.45, 2.75) is 13.0 Å². The van der Waals surface area contributed by atoms with Gasteiger partial charge in [-0.3, -0.25) is 15.0 Å². The van der Waals surface area contributed by atoms with Crippen LogP contribution in [0, 0.1) is 10.1 Å². The number of nitro benzene ring substituents is 1. The van der Waals surface area contributed by atoms with Crippen LogP contribution in [0.3, 0.4) is 0 Å². The molecule has 1 fully saturated rings. The van der Waals surface area contributed by atoms with E-state index in [4.69, 9.17) is 9.47 Å². The van der Waals surface area contributed by atoms with Gasteiger partial charge in [0.15, 0.2) is 5.75 Å². The Morgan fingerprint density at radius 2 is 2.19 bits per heavy atom. The van der Waals surface area contributed by atoms with Crippen molar-refractivity contribution in [3.05, 3.63) is 33.9 Å². The van der Waals surface area contributed by atoms with Gasteiger partial charge in [-0.05, 0) is 18.6 Å². The highest BCUT2D eigenvalue weighted by Crippen LogP contribution is 2.30. The lowest BCUT2D eigenvalue weighted by Crippen LogP contribution is -2.38. The van der Waals surface area contributed by atoms with Gasteiger partial charge >= 0.3 is 5.69 Å². The fourth-order valence-electron chi connectivity index (χ4n) is 2.30. The normalized spacial score (nSPS) is 17.4. The van der Waals surface area contributed by atoms with Crippen LogP contribution < -0.4 is 4.74 Å². The molecule has 7 heteroatoms. The highest BCUT2D eigenvalue weighted by atomic mass is 16.6. The number of aliphatic hydroxyl groups is 1. The van der Waals surface area contributed by atoms with Gasteiger partial charge in [-0.25, -0.2) is 0 Å². The van der Waals surface area contributed by atoms with Gasteiger partial charge in [0.05, 0.1) is 30.8 Å². The summed E-state index contributed by atoms with van der Waals surface area (Å²) in [6.45, 7) is 5.38. The summed E-state index contributed by atoms with van der Waals surface area (Å²) in [4.78, 5) is 12.7. The zero-order valence-corrected chi connectivity index (χ0v) is 12.0. The zero-order chi connectivity index (χ0) is 15.2. The first kappa shape index (κ1) is 15.7. The maximum absolute atomic E-state index is 11.1. The van der Waals surface area contributed by atoms with Crippen LogP contribution >= 0.6 is 0 Å². The Bertz CT molecular complexity index is 488. The first-order valence-corrected chi connectivity index (χ1v) is 7.01. The van der Waals surface area contributed by atoms with Gasteiger partial charge in [0.25, 0.3) is 0 Å². The molecule has 116 valence electrons. The second-order valence-electron chi connectivity index (χ2n) is 4.85. The molecule has 0 spiro atoms. The Morgan fingerprint density at radius 3 is 2.81 bits per heavy atom. The molecule has 2 rings (SSSR count). The average molecular weight is 296 g/mol. The minimum Gasteiger partial charge on any atom is -0.487 e. The number of benzene rings is 1. The smallest absolute Gasteiger partial charge is 0.311 e. The molecule has 0 bridgehead atoms. The number of morpholine rings is 1. The maximum Gasteiger partial charge on any atom is 0.311 e. The van der Waals surface area contributed by atoms with E-state index in [0.29, 0.717) is 31.9 Å². The summed E-state index contributed by atoms with van der Waals surface area (Å²) in [7, 11) is 0. The molecule has 1 heterocycles. The van der Waals surface area contributed by atoms with E-state index in [2.05, 4.69) is 4.90 Å². The minimum atomic E-state index is -0.766. The van der Waals surface area contributed by atoms with Gasteiger partial charge < -0.3 is 14.6 Å². The van der Waals surface area contributed by atoms with Crippen LogP contribution in [-0.4, -0.2) is 54.4 Å². The number of β-amino-alcohol motifs (C(OH)–C–C–N with tert-alkyl or cyclic N) is 1. The fraction of sp³-hybridized carbons (Fsp3) is 0.571. The van der Waals surface area contributed by atoms with Crippen molar-refractivity contribution < 1.29 is 19.5 Å². The maximum atomic E-state index is 11.1. The molecule has 21 heavy (non-hydrogen) atoms. The predicted molar refractivity (Wildman–Crippen MR) is 76.5 cm³/mol. The Morgan fingerprint density at radius 1 is 1.48 bits per heavy atom. The SMILES string of the molecule is CCOc1ccc(C(O)CN2CCOCC2)cc1[N+](=O)[O-]. The van der Waals surface area contributed by atoms with Crippen molar-refractivity contribution in [2.75, 3.05) is 39.5 Å². The third-order valence-corrected chi connectivity index (χ3v) is 3.40. The standard InChI is InChI=1S/C14H20N2O5/c1-2-21-14-4-3-11(9-12(14)16(18)19)13(17)10-15-5-7-20-8-6-15/h3-4,9,13,17H,2,5-8,10H2,1H3. The molecule has 1 aliphatic heterocycles. The molecule has 1 atom stereocenters. The van der Waals surface area contributed by atoms with Gasteiger partial charge in [-0.1, -0.05) is 6.07 Å². The first-order chi connectivity index (χ1) is 10.1. The lowest BCUT2D eigenvalue weighted by Gasteiger charge is -2.28. The van der Waals surface area contributed by atoms with E-state index in [1.165, 1.54) is 6.07 Å². The second kappa shape index (κ2) is 7.35. The van der Waals surface area contributed by atoms with Crippen LogP contribution in [0.1, 0.15) is 18.6 Å². The van der Waals surface area contributed by atoms with E-state index >= 15 is 0 Å². The Kier molecular flexibility index (Phi) is 5.49. The van der Waals surface area contributed by atoms with E-state index in [0.717, 1.165) is 13.1 Å². The quantitative estimate of drug-likeness (QED) is 0.630. The number of hydrogen-bond acceptors (Lipinski definition) is 6.